The van der Waals surface area contributed by atoms with Crippen molar-refractivity contribution in [3.05, 3.63) is 47.7 Å². The van der Waals surface area contributed by atoms with E-state index in [-0.39, 0.29) is 6.61 Å². The smallest absolute Gasteiger partial charge is 0.134 e. The molecule has 3 heteroatoms. The van der Waals surface area contributed by atoms with Crippen LogP contribution in [0.25, 0.3) is 11.3 Å². The summed E-state index contributed by atoms with van der Waals surface area (Å²) in [6, 6.07) is 12.3. The zero-order chi connectivity index (χ0) is 12.8. The molecule has 0 saturated heterocycles. The Hall–Kier alpha value is -1.58. The Balaban J connectivity index is 1.95. The van der Waals surface area contributed by atoms with Crippen molar-refractivity contribution in [2.24, 2.45) is 0 Å². The molecule has 0 aliphatic heterocycles. The van der Waals surface area contributed by atoms with Crippen LogP contribution in [0.3, 0.4) is 0 Å². The number of furan rings is 1. The molecule has 0 radical (unpaired) electrons. The van der Waals surface area contributed by atoms with Gasteiger partial charge in [0.15, 0.2) is 0 Å². The minimum atomic E-state index is 0.222. The van der Waals surface area contributed by atoms with Gasteiger partial charge in [-0.25, -0.2) is 0 Å². The number of aryl methyl sites for hydroxylation is 1. The zero-order valence-corrected chi connectivity index (χ0v) is 10.6. The van der Waals surface area contributed by atoms with E-state index in [0.717, 1.165) is 30.0 Å². The Morgan fingerprint density at radius 3 is 2.61 bits per heavy atom. The first-order chi connectivity index (χ1) is 8.79. The van der Waals surface area contributed by atoms with Gasteiger partial charge in [-0.05, 0) is 32.0 Å². The van der Waals surface area contributed by atoms with Crippen molar-refractivity contribution < 1.29 is 9.52 Å². The third-order valence-corrected chi connectivity index (χ3v) is 2.81. The van der Waals surface area contributed by atoms with Crippen LogP contribution < -0.4 is 5.32 Å². The van der Waals surface area contributed by atoms with E-state index in [4.69, 9.17) is 9.52 Å². The molecular weight excluding hydrogens is 226 g/mol. The summed E-state index contributed by atoms with van der Waals surface area (Å²) in [6.45, 7) is 3.80. The number of aliphatic hydroxyl groups excluding tert-OH is 1. The van der Waals surface area contributed by atoms with E-state index in [1.807, 2.05) is 12.1 Å². The second-order valence-corrected chi connectivity index (χ2v) is 4.39. The molecule has 0 fully saturated rings. The van der Waals surface area contributed by atoms with Crippen LogP contribution in [0.1, 0.15) is 17.7 Å². The van der Waals surface area contributed by atoms with E-state index in [9.17, 15) is 0 Å². The van der Waals surface area contributed by atoms with Crippen molar-refractivity contribution in [3.63, 3.8) is 0 Å². The number of nitrogens with one attached hydrogen (secondary N) is 1. The minimum absolute atomic E-state index is 0.222. The van der Waals surface area contributed by atoms with Gasteiger partial charge in [-0.2, -0.15) is 0 Å². The average Bonchev–Trinajstić information content (AvgIpc) is 2.84. The largest absolute Gasteiger partial charge is 0.460 e. The van der Waals surface area contributed by atoms with Gasteiger partial charge in [0.05, 0.1) is 6.54 Å². The van der Waals surface area contributed by atoms with Gasteiger partial charge in [-0.15, -0.1) is 0 Å². The lowest BCUT2D eigenvalue weighted by molar-refractivity contribution is 0.285. The predicted octanol–water partition coefficient (Wildman–Crippen LogP) is 2.73. The summed E-state index contributed by atoms with van der Waals surface area (Å²) in [6.07, 6.45) is 0.769. The number of benzene rings is 1. The number of hydrogen-bond acceptors (Lipinski definition) is 3. The Morgan fingerprint density at radius 1 is 1.11 bits per heavy atom. The second-order valence-electron chi connectivity index (χ2n) is 4.39. The van der Waals surface area contributed by atoms with Gasteiger partial charge in [0.1, 0.15) is 11.5 Å². The zero-order valence-electron chi connectivity index (χ0n) is 10.6. The number of hydrogen-bond donors (Lipinski definition) is 2. The Morgan fingerprint density at radius 2 is 1.89 bits per heavy atom. The summed E-state index contributed by atoms with van der Waals surface area (Å²) in [5, 5.41) is 11.9. The van der Waals surface area contributed by atoms with Gasteiger partial charge in [-0.1, -0.05) is 29.8 Å². The molecule has 0 unspecified atom stereocenters. The van der Waals surface area contributed by atoms with Crippen molar-refractivity contribution in [2.45, 2.75) is 19.9 Å². The molecule has 3 nitrogen and oxygen atoms in total. The predicted molar refractivity (Wildman–Crippen MR) is 72.3 cm³/mol. The first-order valence-corrected chi connectivity index (χ1v) is 6.27. The monoisotopic (exact) mass is 245 g/mol. The lowest BCUT2D eigenvalue weighted by Crippen LogP contribution is -2.15. The maximum absolute atomic E-state index is 8.68. The maximum atomic E-state index is 8.68. The molecule has 1 heterocycles. The van der Waals surface area contributed by atoms with E-state index in [1.54, 1.807) is 0 Å². The normalized spacial score (nSPS) is 10.8. The third-order valence-electron chi connectivity index (χ3n) is 2.81. The quantitative estimate of drug-likeness (QED) is 0.769. The molecule has 1 aromatic heterocycles. The highest BCUT2D eigenvalue weighted by Gasteiger charge is 2.04. The van der Waals surface area contributed by atoms with Gasteiger partial charge < -0.3 is 14.8 Å². The lowest BCUT2D eigenvalue weighted by Gasteiger charge is -2.01. The summed E-state index contributed by atoms with van der Waals surface area (Å²) < 4.78 is 5.76. The molecule has 0 atom stereocenters. The fraction of sp³-hybridized carbons (Fsp3) is 0.333. The second kappa shape index (κ2) is 6.38. The summed E-state index contributed by atoms with van der Waals surface area (Å²) >= 11 is 0. The van der Waals surface area contributed by atoms with Crippen molar-refractivity contribution in [1.29, 1.82) is 0 Å². The van der Waals surface area contributed by atoms with Crippen LogP contribution in [0.5, 0.6) is 0 Å². The molecule has 1 aromatic carbocycles. The summed E-state index contributed by atoms with van der Waals surface area (Å²) in [7, 11) is 0. The molecule has 2 N–H and O–H groups in total. The highest BCUT2D eigenvalue weighted by molar-refractivity contribution is 5.57. The van der Waals surface area contributed by atoms with E-state index < -0.39 is 0 Å². The van der Waals surface area contributed by atoms with Crippen molar-refractivity contribution in [1.82, 2.24) is 5.32 Å². The minimum Gasteiger partial charge on any atom is -0.460 e. The van der Waals surface area contributed by atoms with Crippen molar-refractivity contribution >= 4 is 0 Å². The fourth-order valence-corrected chi connectivity index (χ4v) is 1.76. The topological polar surface area (TPSA) is 45.4 Å². The standard InChI is InChI=1S/C15H19NO2/c1-12-3-5-13(6-4-12)15-8-7-14(18-15)11-16-9-2-10-17/h3-8,16-17H,2,9-11H2,1H3. The Bertz CT molecular complexity index is 473. The fourth-order valence-electron chi connectivity index (χ4n) is 1.76. The lowest BCUT2D eigenvalue weighted by atomic mass is 10.1. The van der Waals surface area contributed by atoms with Crippen LogP contribution in [0.2, 0.25) is 0 Å². The first-order valence-electron chi connectivity index (χ1n) is 6.27. The number of aliphatic hydroxyl groups is 1. The van der Waals surface area contributed by atoms with Gasteiger partial charge >= 0.3 is 0 Å². The Kier molecular flexibility index (Phi) is 4.56. The molecular formula is C15H19NO2. The molecule has 0 spiro atoms. The molecule has 2 aromatic rings. The molecule has 0 aliphatic carbocycles. The van der Waals surface area contributed by atoms with E-state index in [2.05, 4.69) is 36.5 Å². The van der Waals surface area contributed by atoms with Crippen LogP contribution in [0.15, 0.2) is 40.8 Å². The highest BCUT2D eigenvalue weighted by Crippen LogP contribution is 2.22. The van der Waals surface area contributed by atoms with Gasteiger partial charge in [0.25, 0.3) is 0 Å². The highest BCUT2D eigenvalue weighted by atomic mass is 16.3. The average molecular weight is 245 g/mol. The SMILES string of the molecule is Cc1ccc(-c2ccc(CNCCCO)o2)cc1. The van der Waals surface area contributed by atoms with Gasteiger partial charge in [0.2, 0.25) is 0 Å². The number of rotatable bonds is 6. The van der Waals surface area contributed by atoms with Crippen molar-refractivity contribution in [3.8, 4) is 11.3 Å². The summed E-state index contributed by atoms with van der Waals surface area (Å²) in [5.41, 5.74) is 2.35. The molecule has 0 saturated carbocycles. The molecule has 0 amide bonds. The van der Waals surface area contributed by atoms with Crippen LogP contribution in [-0.4, -0.2) is 18.3 Å². The van der Waals surface area contributed by atoms with Gasteiger partial charge in [0, 0.05) is 12.2 Å². The van der Waals surface area contributed by atoms with Gasteiger partial charge in [-0.3, -0.25) is 0 Å². The molecule has 2 rings (SSSR count). The van der Waals surface area contributed by atoms with Crippen LogP contribution >= 0.6 is 0 Å². The maximum Gasteiger partial charge on any atom is 0.134 e. The van der Waals surface area contributed by atoms with Crippen molar-refractivity contribution in [2.75, 3.05) is 13.2 Å². The molecule has 18 heavy (non-hydrogen) atoms. The van der Waals surface area contributed by atoms with Crippen LogP contribution in [0.4, 0.5) is 0 Å². The Labute approximate surface area is 107 Å². The third kappa shape index (κ3) is 3.45. The van der Waals surface area contributed by atoms with E-state index >= 15 is 0 Å². The molecule has 0 aliphatic rings. The van der Waals surface area contributed by atoms with Crippen LogP contribution in [0, 0.1) is 6.92 Å². The summed E-state index contributed by atoms with van der Waals surface area (Å²) in [5.74, 6) is 1.82. The van der Waals surface area contributed by atoms with E-state index in [0.29, 0.717) is 6.54 Å². The molecule has 0 bridgehead atoms. The van der Waals surface area contributed by atoms with E-state index in [1.165, 1.54) is 5.56 Å². The summed E-state index contributed by atoms with van der Waals surface area (Å²) in [4.78, 5) is 0. The molecule has 96 valence electrons. The van der Waals surface area contributed by atoms with Crippen LogP contribution in [-0.2, 0) is 6.54 Å². The first kappa shape index (κ1) is 12.9.